The molecule has 1 fully saturated rings. The van der Waals surface area contributed by atoms with Gasteiger partial charge in [-0.2, -0.15) is 0 Å². The Labute approximate surface area is 154 Å². The van der Waals surface area contributed by atoms with Gasteiger partial charge in [0.05, 0.1) is 12.2 Å². The Bertz CT molecular complexity index is 803. The zero-order chi connectivity index (χ0) is 19.4. The largest absolute Gasteiger partial charge is 0.573 e. The first-order chi connectivity index (χ1) is 12.8. The SMILES string of the molecule is Cc1cc(CNC(=O)c2ccc(OC(F)(F)F)cc2)nc(N2CCCC2)n1. The molecule has 1 N–H and O–H groups in total. The number of nitrogens with zero attached hydrogens (tertiary/aromatic N) is 3. The molecule has 1 amide bonds. The molecular weight excluding hydrogens is 361 g/mol. The smallest absolute Gasteiger partial charge is 0.406 e. The zero-order valence-electron chi connectivity index (χ0n) is 14.7. The maximum Gasteiger partial charge on any atom is 0.573 e. The van der Waals surface area contributed by atoms with Crippen LogP contribution >= 0.6 is 0 Å². The molecule has 1 aromatic heterocycles. The average molecular weight is 380 g/mol. The summed E-state index contributed by atoms with van der Waals surface area (Å²) in [6.45, 7) is 3.90. The highest BCUT2D eigenvalue weighted by Crippen LogP contribution is 2.22. The van der Waals surface area contributed by atoms with E-state index < -0.39 is 12.3 Å². The molecule has 6 nitrogen and oxygen atoms in total. The van der Waals surface area contributed by atoms with Gasteiger partial charge < -0.3 is 15.0 Å². The van der Waals surface area contributed by atoms with Crippen molar-refractivity contribution in [2.75, 3.05) is 18.0 Å². The van der Waals surface area contributed by atoms with Gasteiger partial charge in [-0.05, 0) is 50.1 Å². The van der Waals surface area contributed by atoms with E-state index in [-0.39, 0.29) is 17.9 Å². The summed E-state index contributed by atoms with van der Waals surface area (Å²) in [5.41, 5.74) is 1.72. The second kappa shape index (κ2) is 7.81. The van der Waals surface area contributed by atoms with Crippen LogP contribution in [0.15, 0.2) is 30.3 Å². The molecule has 0 bridgehead atoms. The summed E-state index contributed by atoms with van der Waals surface area (Å²) in [5, 5.41) is 2.72. The fourth-order valence-electron chi connectivity index (χ4n) is 2.85. The maximum absolute atomic E-state index is 12.2. The van der Waals surface area contributed by atoms with Gasteiger partial charge in [-0.25, -0.2) is 9.97 Å². The molecule has 27 heavy (non-hydrogen) atoms. The number of carbonyl (C=O) groups is 1. The van der Waals surface area contributed by atoms with Crippen LogP contribution in [0.5, 0.6) is 5.75 Å². The Balaban J connectivity index is 1.62. The fraction of sp³-hybridized carbons (Fsp3) is 0.389. The van der Waals surface area contributed by atoms with E-state index in [1.807, 2.05) is 6.92 Å². The van der Waals surface area contributed by atoms with E-state index in [1.165, 1.54) is 12.1 Å². The van der Waals surface area contributed by atoms with Crippen molar-refractivity contribution in [3.63, 3.8) is 0 Å². The average Bonchev–Trinajstić information content (AvgIpc) is 3.13. The fourth-order valence-corrected chi connectivity index (χ4v) is 2.85. The molecule has 2 aromatic rings. The van der Waals surface area contributed by atoms with Crippen molar-refractivity contribution in [1.29, 1.82) is 0 Å². The number of ether oxygens (including phenoxy) is 1. The standard InChI is InChI=1S/C18H19F3N4O2/c1-12-10-14(24-17(23-12)25-8-2-3-9-25)11-22-16(26)13-4-6-15(7-5-13)27-18(19,20)21/h4-7,10H,2-3,8-9,11H2,1H3,(H,22,26). The molecule has 0 atom stereocenters. The molecule has 0 radical (unpaired) electrons. The molecule has 0 unspecified atom stereocenters. The minimum Gasteiger partial charge on any atom is -0.406 e. The van der Waals surface area contributed by atoms with Gasteiger partial charge in [0.1, 0.15) is 5.75 Å². The van der Waals surface area contributed by atoms with Crippen molar-refractivity contribution in [3.05, 3.63) is 47.3 Å². The van der Waals surface area contributed by atoms with Crippen molar-refractivity contribution in [2.45, 2.75) is 32.7 Å². The topological polar surface area (TPSA) is 67.3 Å². The highest BCUT2D eigenvalue weighted by atomic mass is 19.4. The number of carbonyl (C=O) groups excluding carboxylic acids is 1. The lowest BCUT2D eigenvalue weighted by Crippen LogP contribution is -2.25. The molecule has 2 heterocycles. The third kappa shape index (κ3) is 5.32. The van der Waals surface area contributed by atoms with E-state index in [2.05, 4.69) is 24.9 Å². The van der Waals surface area contributed by atoms with E-state index in [1.54, 1.807) is 6.07 Å². The molecule has 1 aliphatic heterocycles. The van der Waals surface area contributed by atoms with E-state index >= 15 is 0 Å². The van der Waals surface area contributed by atoms with Gasteiger partial charge in [-0.1, -0.05) is 0 Å². The number of halogens is 3. The summed E-state index contributed by atoms with van der Waals surface area (Å²) >= 11 is 0. The number of aromatic nitrogens is 2. The van der Waals surface area contributed by atoms with E-state index in [0.717, 1.165) is 43.8 Å². The number of hydrogen-bond donors (Lipinski definition) is 1. The van der Waals surface area contributed by atoms with Gasteiger partial charge in [0.15, 0.2) is 0 Å². The summed E-state index contributed by atoms with van der Waals surface area (Å²) in [6, 6.07) is 6.54. The third-order valence-electron chi connectivity index (χ3n) is 4.06. The molecule has 1 aromatic carbocycles. The number of anilines is 1. The summed E-state index contributed by atoms with van der Waals surface area (Å²) in [4.78, 5) is 23.2. The molecule has 0 spiro atoms. The Hall–Kier alpha value is -2.84. The van der Waals surface area contributed by atoms with Crippen LogP contribution in [0.1, 0.15) is 34.6 Å². The van der Waals surface area contributed by atoms with Gasteiger partial charge in [-0.3, -0.25) is 4.79 Å². The second-order valence-corrected chi connectivity index (χ2v) is 6.25. The van der Waals surface area contributed by atoms with Gasteiger partial charge in [0.25, 0.3) is 5.91 Å². The molecule has 9 heteroatoms. The first-order valence-corrected chi connectivity index (χ1v) is 8.54. The lowest BCUT2D eigenvalue weighted by Gasteiger charge is -2.16. The van der Waals surface area contributed by atoms with Crippen LogP contribution in [0.4, 0.5) is 19.1 Å². The number of alkyl halides is 3. The lowest BCUT2D eigenvalue weighted by molar-refractivity contribution is -0.274. The number of aryl methyl sites for hydroxylation is 1. The first kappa shape index (κ1) is 18.9. The van der Waals surface area contributed by atoms with Crippen molar-refractivity contribution < 1.29 is 22.7 Å². The zero-order valence-corrected chi connectivity index (χ0v) is 14.7. The Morgan fingerprint density at radius 3 is 2.48 bits per heavy atom. The van der Waals surface area contributed by atoms with Gasteiger partial charge in [0.2, 0.25) is 5.95 Å². The van der Waals surface area contributed by atoms with Crippen molar-refractivity contribution in [2.24, 2.45) is 0 Å². The molecule has 0 saturated carbocycles. The normalized spacial score (nSPS) is 14.3. The molecule has 1 saturated heterocycles. The van der Waals surface area contributed by atoms with Crippen LogP contribution in [0.2, 0.25) is 0 Å². The summed E-state index contributed by atoms with van der Waals surface area (Å²) < 4.78 is 40.3. The number of amides is 1. The predicted molar refractivity (Wildman–Crippen MR) is 92.5 cm³/mol. The van der Waals surface area contributed by atoms with E-state index in [4.69, 9.17) is 0 Å². The summed E-state index contributed by atoms with van der Waals surface area (Å²) in [6.07, 6.45) is -2.55. The predicted octanol–water partition coefficient (Wildman–Crippen LogP) is 3.21. The van der Waals surface area contributed by atoms with Crippen LogP contribution < -0.4 is 15.0 Å². The molecule has 144 valence electrons. The van der Waals surface area contributed by atoms with Crippen molar-refractivity contribution in [1.82, 2.24) is 15.3 Å². The minimum atomic E-state index is -4.76. The molecule has 0 aliphatic carbocycles. The molecular formula is C18H19F3N4O2. The first-order valence-electron chi connectivity index (χ1n) is 8.54. The van der Waals surface area contributed by atoms with Crippen LogP contribution in [0, 0.1) is 6.92 Å². The van der Waals surface area contributed by atoms with Crippen LogP contribution in [-0.2, 0) is 6.54 Å². The van der Waals surface area contributed by atoms with Crippen LogP contribution in [0.25, 0.3) is 0 Å². The minimum absolute atomic E-state index is 0.198. The van der Waals surface area contributed by atoms with Crippen molar-refractivity contribution >= 4 is 11.9 Å². The summed E-state index contributed by atoms with van der Waals surface area (Å²) in [5.74, 6) is -0.126. The number of benzene rings is 1. The Kier molecular flexibility index (Phi) is 5.48. The number of hydrogen-bond acceptors (Lipinski definition) is 5. The Morgan fingerprint density at radius 1 is 1.19 bits per heavy atom. The molecule has 1 aliphatic rings. The maximum atomic E-state index is 12.2. The molecule has 3 rings (SSSR count). The number of nitrogens with one attached hydrogen (secondary N) is 1. The van der Waals surface area contributed by atoms with Crippen LogP contribution in [-0.4, -0.2) is 35.3 Å². The van der Waals surface area contributed by atoms with Crippen molar-refractivity contribution in [3.8, 4) is 5.75 Å². The Morgan fingerprint density at radius 2 is 1.85 bits per heavy atom. The monoisotopic (exact) mass is 380 g/mol. The lowest BCUT2D eigenvalue weighted by atomic mass is 10.2. The van der Waals surface area contributed by atoms with Crippen LogP contribution in [0.3, 0.4) is 0 Å². The quantitative estimate of drug-likeness (QED) is 0.863. The number of rotatable bonds is 5. The summed E-state index contributed by atoms with van der Waals surface area (Å²) in [7, 11) is 0. The third-order valence-corrected chi connectivity index (χ3v) is 4.06. The van der Waals surface area contributed by atoms with E-state index in [0.29, 0.717) is 11.6 Å². The van der Waals surface area contributed by atoms with Gasteiger partial charge in [0, 0.05) is 24.3 Å². The van der Waals surface area contributed by atoms with Gasteiger partial charge in [-0.15, -0.1) is 13.2 Å². The highest BCUT2D eigenvalue weighted by molar-refractivity contribution is 5.94. The highest BCUT2D eigenvalue weighted by Gasteiger charge is 2.31. The van der Waals surface area contributed by atoms with Gasteiger partial charge >= 0.3 is 6.36 Å². The van der Waals surface area contributed by atoms with E-state index in [9.17, 15) is 18.0 Å². The second-order valence-electron chi connectivity index (χ2n) is 6.25.